The second-order valence-electron chi connectivity index (χ2n) is 4.30. The van der Waals surface area contributed by atoms with Gasteiger partial charge in [-0.25, -0.2) is 9.97 Å². The summed E-state index contributed by atoms with van der Waals surface area (Å²) in [5.74, 6) is 3.47. The summed E-state index contributed by atoms with van der Waals surface area (Å²) in [5, 5.41) is 3.14. The molecule has 0 aliphatic heterocycles. The van der Waals surface area contributed by atoms with Crippen molar-refractivity contribution in [1.29, 1.82) is 0 Å². The van der Waals surface area contributed by atoms with Gasteiger partial charge in [0.1, 0.15) is 0 Å². The number of nitrogens with zero attached hydrogens (tertiary/aromatic N) is 2. The molecule has 3 aromatic rings. The van der Waals surface area contributed by atoms with E-state index in [0.29, 0.717) is 11.6 Å². The SMILES string of the molecule is C#Cc1cccc(Nc2nc3ccccc3nc2N)c1. The summed E-state index contributed by atoms with van der Waals surface area (Å²) in [5.41, 5.74) is 9.11. The number of nitrogens with one attached hydrogen (secondary N) is 1. The van der Waals surface area contributed by atoms with E-state index in [2.05, 4.69) is 21.2 Å². The van der Waals surface area contributed by atoms with E-state index in [1.165, 1.54) is 0 Å². The summed E-state index contributed by atoms with van der Waals surface area (Å²) in [4.78, 5) is 8.80. The van der Waals surface area contributed by atoms with Gasteiger partial charge in [-0.3, -0.25) is 0 Å². The molecule has 20 heavy (non-hydrogen) atoms. The number of rotatable bonds is 2. The molecule has 1 heterocycles. The molecule has 0 atom stereocenters. The summed E-state index contributed by atoms with van der Waals surface area (Å²) < 4.78 is 0. The van der Waals surface area contributed by atoms with Crippen molar-refractivity contribution in [1.82, 2.24) is 9.97 Å². The van der Waals surface area contributed by atoms with Crippen molar-refractivity contribution in [3.63, 3.8) is 0 Å². The molecule has 0 saturated heterocycles. The summed E-state index contributed by atoms with van der Waals surface area (Å²) in [6.45, 7) is 0. The van der Waals surface area contributed by atoms with E-state index in [0.717, 1.165) is 22.3 Å². The monoisotopic (exact) mass is 260 g/mol. The van der Waals surface area contributed by atoms with E-state index in [1.54, 1.807) is 0 Å². The molecule has 1 aromatic heterocycles. The van der Waals surface area contributed by atoms with Crippen LogP contribution in [0.5, 0.6) is 0 Å². The highest BCUT2D eigenvalue weighted by molar-refractivity contribution is 5.81. The second-order valence-corrected chi connectivity index (χ2v) is 4.30. The number of nitrogen functional groups attached to an aromatic ring is 1. The lowest BCUT2D eigenvalue weighted by Crippen LogP contribution is -2.02. The van der Waals surface area contributed by atoms with Crippen LogP contribution in [-0.4, -0.2) is 9.97 Å². The van der Waals surface area contributed by atoms with E-state index in [1.807, 2.05) is 48.5 Å². The van der Waals surface area contributed by atoms with Gasteiger partial charge in [-0.2, -0.15) is 0 Å². The number of hydrogen-bond donors (Lipinski definition) is 2. The molecule has 0 radical (unpaired) electrons. The highest BCUT2D eigenvalue weighted by Crippen LogP contribution is 2.22. The van der Waals surface area contributed by atoms with E-state index < -0.39 is 0 Å². The molecule has 0 unspecified atom stereocenters. The van der Waals surface area contributed by atoms with Crippen LogP contribution in [0.3, 0.4) is 0 Å². The molecule has 2 aromatic carbocycles. The fraction of sp³-hybridized carbons (Fsp3) is 0. The Bertz CT molecular complexity index is 818. The first-order chi connectivity index (χ1) is 9.76. The van der Waals surface area contributed by atoms with Crippen LogP contribution >= 0.6 is 0 Å². The molecule has 4 heteroatoms. The molecule has 96 valence electrons. The molecule has 0 amide bonds. The van der Waals surface area contributed by atoms with E-state index >= 15 is 0 Å². The molecular weight excluding hydrogens is 248 g/mol. The predicted molar refractivity (Wildman–Crippen MR) is 81.6 cm³/mol. The highest BCUT2D eigenvalue weighted by atomic mass is 15.1. The van der Waals surface area contributed by atoms with Gasteiger partial charge in [0.2, 0.25) is 0 Å². The Morgan fingerprint density at radius 2 is 1.75 bits per heavy atom. The summed E-state index contributed by atoms with van der Waals surface area (Å²) in [6, 6.07) is 15.1. The van der Waals surface area contributed by atoms with Crippen LogP contribution in [-0.2, 0) is 0 Å². The van der Waals surface area contributed by atoms with Crippen molar-refractivity contribution in [2.24, 2.45) is 0 Å². The van der Waals surface area contributed by atoms with E-state index in [9.17, 15) is 0 Å². The largest absolute Gasteiger partial charge is 0.381 e. The van der Waals surface area contributed by atoms with Crippen molar-refractivity contribution in [3.8, 4) is 12.3 Å². The van der Waals surface area contributed by atoms with Crippen molar-refractivity contribution in [3.05, 3.63) is 54.1 Å². The zero-order valence-electron chi connectivity index (χ0n) is 10.7. The quantitative estimate of drug-likeness (QED) is 0.695. The third kappa shape index (κ3) is 2.25. The van der Waals surface area contributed by atoms with Gasteiger partial charge in [-0.05, 0) is 30.3 Å². The number of anilines is 3. The van der Waals surface area contributed by atoms with Gasteiger partial charge in [0, 0.05) is 11.3 Å². The van der Waals surface area contributed by atoms with Crippen LogP contribution in [0.4, 0.5) is 17.3 Å². The standard InChI is InChI=1S/C16H12N4/c1-2-11-6-5-7-12(10-11)18-16-15(17)19-13-8-3-4-9-14(13)20-16/h1,3-10H,(H2,17,19)(H,18,20). The van der Waals surface area contributed by atoms with Crippen LogP contribution in [0.1, 0.15) is 5.56 Å². The number of aromatic nitrogens is 2. The lowest BCUT2D eigenvalue weighted by atomic mass is 10.2. The molecule has 4 nitrogen and oxygen atoms in total. The first kappa shape index (κ1) is 12.0. The van der Waals surface area contributed by atoms with Crippen LogP contribution in [0.25, 0.3) is 11.0 Å². The second kappa shape index (κ2) is 4.90. The van der Waals surface area contributed by atoms with Gasteiger partial charge in [0.25, 0.3) is 0 Å². The minimum Gasteiger partial charge on any atom is -0.381 e. The zero-order valence-corrected chi connectivity index (χ0v) is 10.7. The number of hydrogen-bond acceptors (Lipinski definition) is 4. The molecule has 3 N–H and O–H groups in total. The molecule has 0 aliphatic rings. The van der Waals surface area contributed by atoms with Gasteiger partial charge in [-0.1, -0.05) is 24.1 Å². The minimum atomic E-state index is 0.356. The highest BCUT2D eigenvalue weighted by Gasteiger charge is 2.06. The number of fused-ring (bicyclic) bond motifs is 1. The number of para-hydroxylation sites is 2. The molecule has 0 bridgehead atoms. The van der Waals surface area contributed by atoms with E-state index in [4.69, 9.17) is 12.2 Å². The predicted octanol–water partition coefficient (Wildman–Crippen LogP) is 2.94. The Labute approximate surface area is 116 Å². The summed E-state index contributed by atoms with van der Waals surface area (Å²) in [6.07, 6.45) is 5.39. The smallest absolute Gasteiger partial charge is 0.174 e. The average molecular weight is 260 g/mol. The number of terminal acetylenes is 1. The molecular formula is C16H12N4. The summed E-state index contributed by atoms with van der Waals surface area (Å²) in [7, 11) is 0. The Morgan fingerprint density at radius 3 is 2.50 bits per heavy atom. The summed E-state index contributed by atoms with van der Waals surface area (Å²) >= 11 is 0. The van der Waals surface area contributed by atoms with Crippen molar-refractivity contribution < 1.29 is 0 Å². The molecule has 0 aliphatic carbocycles. The molecule has 0 spiro atoms. The van der Waals surface area contributed by atoms with Gasteiger partial charge < -0.3 is 11.1 Å². The maximum atomic E-state index is 5.93. The molecule has 0 fully saturated rings. The third-order valence-electron chi connectivity index (χ3n) is 2.89. The Hall–Kier alpha value is -3.06. The molecule has 0 saturated carbocycles. The fourth-order valence-electron chi connectivity index (χ4n) is 1.93. The normalized spacial score (nSPS) is 10.2. The topological polar surface area (TPSA) is 63.8 Å². The maximum Gasteiger partial charge on any atom is 0.174 e. The van der Waals surface area contributed by atoms with Crippen LogP contribution < -0.4 is 11.1 Å². The van der Waals surface area contributed by atoms with Crippen molar-refractivity contribution in [2.75, 3.05) is 11.1 Å². The maximum absolute atomic E-state index is 5.93. The Balaban J connectivity index is 2.01. The van der Waals surface area contributed by atoms with Crippen LogP contribution in [0.15, 0.2) is 48.5 Å². The fourth-order valence-corrected chi connectivity index (χ4v) is 1.93. The minimum absolute atomic E-state index is 0.356. The first-order valence-corrected chi connectivity index (χ1v) is 6.12. The average Bonchev–Trinajstić information content (AvgIpc) is 2.48. The van der Waals surface area contributed by atoms with Crippen LogP contribution in [0, 0.1) is 12.3 Å². The Morgan fingerprint density at radius 1 is 1.00 bits per heavy atom. The van der Waals surface area contributed by atoms with Gasteiger partial charge in [0.15, 0.2) is 11.6 Å². The van der Waals surface area contributed by atoms with Gasteiger partial charge in [0.05, 0.1) is 11.0 Å². The zero-order chi connectivity index (χ0) is 13.9. The Kier molecular flexibility index (Phi) is 2.94. The lowest BCUT2D eigenvalue weighted by Gasteiger charge is -2.09. The van der Waals surface area contributed by atoms with Gasteiger partial charge in [-0.15, -0.1) is 6.42 Å². The molecule has 3 rings (SSSR count). The van der Waals surface area contributed by atoms with Crippen LogP contribution in [0.2, 0.25) is 0 Å². The first-order valence-electron chi connectivity index (χ1n) is 6.12. The van der Waals surface area contributed by atoms with Crippen molar-refractivity contribution in [2.45, 2.75) is 0 Å². The lowest BCUT2D eigenvalue weighted by molar-refractivity contribution is 1.29. The van der Waals surface area contributed by atoms with Gasteiger partial charge >= 0.3 is 0 Å². The third-order valence-corrected chi connectivity index (χ3v) is 2.89. The number of benzene rings is 2. The van der Waals surface area contributed by atoms with E-state index in [-0.39, 0.29) is 0 Å². The number of nitrogens with two attached hydrogens (primary N) is 1. The van der Waals surface area contributed by atoms with Crippen molar-refractivity contribution >= 4 is 28.4 Å².